The van der Waals surface area contributed by atoms with E-state index in [0.29, 0.717) is 22.9 Å². The number of oxazole rings is 1. The molecule has 4 fully saturated rings. The maximum atomic E-state index is 12.8. The molecule has 0 spiro atoms. The second-order valence-electron chi connectivity index (χ2n) is 9.85. The molecule has 5 heteroatoms. The van der Waals surface area contributed by atoms with E-state index in [9.17, 15) is 4.79 Å². The van der Waals surface area contributed by atoms with Crippen molar-refractivity contribution in [1.82, 2.24) is 4.98 Å². The maximum absolute atomic E-state index is 12.8. The summed E-state index contributed by atoms with van der Waals surface area (Å²) in [5, 5.41) is 3.76. The van der Waals surface area contributed by atoms with Crippen LogP contribution in [0.1, 0.15) is 44.9 Å². The van der Waals surface area contributed by atoms with Crippen LogP contribution < -0.4 is 5.32 Å². The summed E-state index contributed by atoms with van der Waals surface area (Å²) in [5.41, 5.74) is 3.42. The zero-order valence-corrected chi connectivity index (χ0v) is 17.6. The summed E-state index contributed by atoms with van der Waals surface area (Å²) in [4.78, 5) is 17.4. The normalized spacial score (nSPS) is 29.4. The molecule has 4 nitrogen and oxygen atoms in total. The van der Waals surface area contributed by atoms with E-state index in [1.165, 1.54) is 38.5 Å². The molecule has 4 saturated carbocycles. The smallest absolute Gasteiger partial charge is 0.227 e. The van der Waals surface area contributed by atoms with Gasteiger partial charge in [0.2, 0.25) is 11.8 Å². The molecule has 0 saturated heterocycles. The first kappa shape index (κ1) is 18.4. The summed E-state index contributed by atoms with van der Waals surface area (Å²) < 4.78 is 5.83. The molecule has 1 amide bonds. The summed E-state index contributed by atoms with van der Waals surface area (Å²) in [6.07, 6.45) is 8.66. The zero-order chi connectivity index (χ0) is 20.3. The van der Waals surface area contributed by atoms with Crippen LogP contribution in [-0.4, -0.2) is 10.9 Å². The van der Waals surface area contributed by atoms with Gasteiger partial charge >= 0.3 is 0 Å². The summed E-state index contributed by atoms with van der Waals surface area (Å²) in [6, 6.07) is 13.1. The topological polar surface area (TPSA) is 55.1 Å². The van der Waals surface area contributed by atoms with Crippen molar-refractivity contribution in [2.75, 3.05) is 5.32 Å². The Morgan fingerprint density at radius 1 is 1.03 bits per heavy atom. The average Bonchev–Trinajstić information content (AvgIpc) is 3.10. The Kier molecular flexibility index (Phi) is 4.21. The number of carbonyl (C=O) groups is 1. The molecule has 4 aliphatic carbocycles. The standard InChI is InChI=1S/C25H25ClN2O2/c26-19-3-6-22-21(10-19)28-24(30-22)18-1-4-20(5-2-18)27-23(29)14-25-11-15-7-16(12-25)9-17(8-15)13-25/h1-6,10,15-17H,7-9,11-14H2,(H,27,29). The maximum Gasteiger partial charge on any atom is 0.227 e. The number of nitrogens with zero attached hydrogens (tertiary/aromatic N) is 1. The molecule has 7 rings (SSSR count). The minimum atomic E-state index is 0.154. The van der Waals surface area contributed by atoms with Gasteiger partial charge in [-0.15, -0.1) is 0 Å². The van der Waals surface area contributed by atoms with Crippen LogP contribution in [0.3, 0.4) is 0 Å². The Morgan fingerprint density at radius 2 is 1.70 bits per heavy atom. The molecule has 0 atom stereocenters. The molecule has 4 aliphatic rings. The first-order chi connectivity index (χ1) is 14.5. The molecule has 4 bridgehead atoms. The highest BCUT2D eigenvalue weighted by Crippen LogP contribution is 2.61. The molecule has 2 aromatic carbocycles. The van der Waals surface area contributed by atoms with Crippen LogP contribution >= 0.6 is 11.6 Å². The van der Waals surface area contributed by atoms with Gasteiger partial charge in [-0.05, 0) is 104 Å². The van der Waals surface area contributed by atoms with E-state index in [2.05, 4.69) is 10.3 Å². The number of anilines is 1. The van der Waals surface area contributed by atoms with E-state index in [0.717, 1.165) is 34.5 Å². The highest BCUT2D eigenvalue weighted by molar-refractivity contribution is 6.31. The van der Waals surface area contributed by atoms with Crippen LogP contribution in [0.15, 0.2) is 46.9 Å². The number of amides is 1. The van der Waals surface area contributed by atoms with Crippen LogP contribution in [0, 0.1) is 23.2 Å². The van der Waals surface area contributed by atoms with Crippen molar-refractivity contribution < 1.29 is 9.21 Å². The molecule has 1 heterocycles. The highest BCUT2D eigenvalue weighted by Gasteiger charge is 2.51. The quantitative estimate of drug-likeness (QED) is 0.511. The van der Waals surface area contributed by atoms with Crippen molar-refractivity contribution in [2.24, 2.45) is 23.2 Å². The third-order valence-corrected chi connectivity index (χ3v) is 7.70. The summed E-state index contributed by atoms with van der Waals surface area (Å²) >= 11 is 6.03. The Hall–Kier alpha value is -2.33. The minimum Gasteiger partial charge on any atom is -0.436 e. The molecule has 30 heavy (non-hydrogen) atoms. The van der Waals surface area contributed by atoms with E-state index >= 15 is 0 Å². The van der Waals surface area contributed by atoms with Gasteiger partial charge in [0.15, 0.2) is 5.58 Å². The first-order valence-corrected chi connectivity index (χ1v) is 11.4. The number of aromatic nitrogens is 1. The second kappa shape index (κ2) is 6.84. The van der Waals surface area contributed by atoms with Gasteiger partial charge in [0.25, 0.3) is 0 Å². The van der Waals surface area contributed by atoms with E-state index in [4.69, 9.17) is 16.0 Å². The third-order valence-electron chi connectivity index (χ3n) is 7.47. The van der Waals surface area contributed by atoms with E-state index in [1.807, 2.05) is 30.3 Å². The lowest BCUT2D eigenvalue weighted by Crippen LogP contribution is -2.47. The average molecular weight is 421 g/mol. The van der Waals surface area contributed by atoms with Crippen LogP contribution in [0.25, 0.3) is 22.6 Å². The molecule has 0 aliphatic heterocycles. The van der Waals surface area contributed by atoms with Gasteiger partial charge in [0.05, 0.1) is 0 Å². The van der Waals surface area contributed by atoms with Crippen LogP contribution in [0.5, 0.6) is 0 Å². The monoisotopic (exact) mass is 420 g/mol. The molecule has 0 unspecified atom stereocenters. The summed E-state index contributed by atoms with van der Waals surface area (Å²) in [6.45, 7) is 0. The van der Waals surface area contributed by atoms with Gasteiger partial charge < -0.3 is 9.73 Å². The fraction of sp³-hybridized carbons (Fsp3) is 0.440. The van der Waals surface area contributed by atoms with Gasteiger partial charge in [-0.3, -0.25) is 4.79 Å². The Labute approximate surface area is 181 Å². The summed E-state index contributed by atoms with van der Waals surface area (Å²) in [5.74, 6) is 3.32. The van der Waals surface area contributed by atoms with E-state index < -0.39 is 0 Å². The largest absolute Gasteiger partial charge is 0.436 e. The van der Waals surface area contributed by atoms with Crippen molar-refractivity contribution in [3.63, 3.8) is 0 Å². The van der Waals surface area contributed by atoms with Crippen molar-refractivity contribution in [3.8, 4) is 11.5 Å². The van der Waals surface area contributed by atoms with Crippen LogP contribution in [0.4, 0.5) is 5.69 Å². The van der Waals surface area contributed by atoms with E-state index in [-0.39, 0.29) is 11.3 Å². The SMILES string of the molecule is O=C(CC12CC3CC(CC(C3)C1)C2)Nc1ccc(-c2nc3cc(Cl)ccc3o2)cc1. The van der Waals surface area contributed by atoms with Crippen LogP contribution in [-0.2, 0) is 4.79 Å². The lowest BCUT2D eigenvalue weighted by molar-refractivity contribution is -0.124. The molecular weight excluding hydrogens is 396 g/mol. The highest BCUT2D eigenvalue weighted by atomic mass is 35.5. The van der Waals surface area contributed by atoms with Gasteiger partial charge in [0, 0.05) is 22.7 Å². The Morgan fingerprint density at radius 3 is 2.37 bits per heavy atom. The third kappa shape index (κ3) is 3.31. The fourth-order valence-corrected chi connectivity index (χ4v) is 6.94. The first-order valence-electron chi connectivity index (χ1n) is 11.0. The van der Waals surface area contributed by atoms with Crippen molar-refractivity contribution in [3.05, 3.63) is 47.5 Å². The second-order valence-corrected chi connectivity index (χ2v) is 10.3. The molecule has 154 valence electrons. The lowest BCUT2D eigenvalue weighted by Gasteiger charge is -2.56. The fourth-order valence-electron chi connectivity index (χ4n) is 6.77. The zero-order valence-electron chi connectivity index (χ0n) is 16.9. The number of hydrogen-bond acceptors (Lipinski definition) is 3. The van der Waals surface area contributed by atoms with Gasteiger partial charge in [-0.1, -0.05) is 11.6 Å². The molecule has 1 aromatic heterocycles. The summed E-state index contributed by atoms with van der Waals surface area (Å²) in [7, 11) is 0. The number of benzene rings is 2. The van der Waals surface area contributed by atoms with Gasteiger partial charge in [-0.25, -0.2) is 4.98 Å². The van der Waals surface area contributed by atoms with Gasteiger partial charge in [-0.2, -0.15) is 0 Å². The van der Waals surface area contributed by atoms with E-state index in [1.54, 1.807) is 12.1 Å². The predicted molar refractivity (Wildman–Crippen MR) is 118 cm³/mol. The molecule has 3 aromatic rings. The number of halogens is 1. The number of hydrogen-bond donors (Lipinski definition) is 1. The van der Waals surface area contributed by atoms with Crippen molar-refractivity contribution >= 4 is 34.3 Å². The number of rotatable bonds is 4. The lowest BCUT2D eigenvalue weighted by atomic mass is 9.49. The number of carbonyl (C=O) groups excluding carboxylic acids is 1. The van der Waals surface area contributed by atoms with Crippen LogP contribution in [0.2, 0.25) is 5.02 Å². The minimum absolute atomic E-state index is 0.154. The molecule has 0 radical (unpaired) electrons. The van der Waals surface area contributed by atoms with Crippen molar-refractivity contribution in [1.29, 1.82) is 0 Å². The molecular formula is C25H25ClN2O2. The number of fused-ring (bicyclic) bond motifs is 1. The predicted octanol–water partition coefficient (Wildman–Crippen LogP) is 6.69. The van der Waals surface area contributed by atoms with Gasteiger partial charge in [0.1, 0.15) is 5.52 Å². The Bertz CT molecular complexity index is 1080. The van der Waals surface area contributed by atoms with Crippen molar-refractivity contribution in [2.45, 2.75) is 44.9 Å². The Balaban J connectivity index is 1.15. The number of nitrogens with one attached hydrogen (secondary N) is 1. The molecule has 1 N–H and O–H groups in total.